The number of hydrogen-bond acceptors (Lipinski definition) is 4. The number of pyridine rings is 1. The van der Waals surface area contributed by atoms with Gasteiger partial charge in [0, 0.05) is 6.54 Å². The predicted molar refractivity (Wildman–Crippen MR) is 67.9 cm³/mol. The summed E-state index contributed by atoms with van der Waals surface area (Å²) in [6, 6.07) is 2.92. The zero-order valence-corrected chi connectivity index (χ0v) is 10.7. The fourth-order valence-electron chi connectivity index (χ4n) is 1.34. The highest BCUT2D eigenvalue weighted by atomic mass is 35.5. The smallest absolute Gasteiger partial charge is 0.339 e. The summed E-state index contributed by atoms with van der Waals surface area (Å²) in [5.41, 5.74) is 0.138. The molecule has 2 N–H and O–H groups in total. The molecule has 0 aliphatic rings. The van der Waals surface area contributed by atoms with E-state index in [1.165, 1.54) is 12.1 Å². The molecule has 0 atom stereocenters. The Kier molecular flexibility index (Phi) is 5.18. The first-order valence-corrected chi connectivity index (χ1v) is 5.67. The highest BCUT2D eigenvalue weighted by Gasteiger charge is 2.11. The maximum absolute atomic E-state index is 10.9. The average Bonchev–Trinajstić information content (AvgIpc) is 2.23. The van der Waals surface area contributed by atoms with Crippen molar-refractivity contribution in [1.29, 1.82) is 0 Å². The molecule has 94 valence electrons. The number of anilines is 1. The molecule has 5 nitrogen and oxygen atoms in total. The molecule has 0 fully saturated rings. The number of carboxylic acids is 1. The van der Waals surface area contributed by atoms with E-state index >= 15 is 0 Å². The molecule has 17 heavy (non-hydrogen) atoms. The third-order valence-corrected chi connectivity index (χ3v) is 2.38. The van der Waals surface area contributed by atoms with Crippen LogP contribution in [0.1, 0.15) is 16.8 Å². The van der Waals surface area contributed by atoms with Crippen LogP contribution in [0.5, 0.6) is 0 Å². The van der Waals surface area contributed by atoms with Gasteiger partial charge < -0.3 is 15.3 Å². The second-order valence-electron chi connectivity index (χ2n) is 3.92. The number of halogens is 1. The van der Waals surface area contributed by atoms with Gasteiger partial charge in [-0.3, -0.25) is 0 Å². The number of aromatic carboxylic acids is 1. The molecule has 0 aliphatic heterocycles. The van der Waals surface area contributed by atoms with E-state index < -0.39 is 5.97 Å². The largest absolute Gasteiger partial charge is 0.478 e. The number of carbonyl (C=O) groups is 1. The third kappa shape index (κ3) is 4.58. The molecule has 1 rings (SSSR count). The highest BCUT2D eigenvalue weighted by molar-refractivity contribution is 6.29. The zero-order chi connectivity index (χ0) is 12.8. The van der Waals surface area contributed by atoms with Crippen molar-refractivity contribution in [2.24, 2.45) is 0 Å². The summed E-state index contributed by atoms with van der Waals surface area (Å²) in [6.07, 6.45) is 0.903. The first kappa shape index (κ1) is 13.7. The first-order chi connectivity index (χ1) is 8.00. The van der Waals surface area contributed by atoms with Crippen molar-refractivity contribution in [2.75, 3.05) is 32.5 Å². The molecule has 0 spiro atoms. The van der Waals surface area contributed by atoms with Gasteiger partial charge in [-0.1, -0.05) is 11.6 Å². The van der Waals surface area contributed by atoms with Gasteiger partial charge in [-0.25, -0.2) is 9.78 Å². The Bertz CT molecular complexity index is 396. The lowest BCUT2D eigenvalue weighted by Crippen LogP contribution is -2.17. The van der Waals surface area contributed by atoms with Gasteiger partial charge in [-0.15, -0.1) is 0 Å². The van der Waals surface area contributed by atoms with E-state index in [0.29, 0.717) is 12.4 Å². The van der Waals surface area contributed by atoms with Crippen LogP contribution in [0.3, 0.4) is 0 Å². The van der Waals surface area contributed by atoms with Crippen LogP contribution in [0, 0.1) is 0 Å². The van der Waals surface area contributed by atoms with Crippen molar-refractivity contribution >= 4 is 23.4 Å². The van der Waals surface area contributed by atoms with Crippen molar-refractivity contribution in [1.82, 2.24) is 9.88 Å². The lowest BCUT2D eigenvalue weighted by molar-refractivity contribution is 0.0697. The van der Waals surface area contributed by atoms with Crippen LogP contribution in [-0.2, 0) is 0 Å². The Labute approximate surface area is 105 Å². The number of nitrogens with zero attached hydrogens (tertiary/aromatic N) is 2. The van der Waals surface area contributed by atoms with Crippen LogP contribution < -0.4 is 5.32 Å². The Morgan fingerprint density at radius 3 is 2.82 bits per heavy atom. The number of carboxylic acid groups (broad SMARTS) is 1. The van der Waals surface area contributed by atoms with Gasteiger partial charge in [0.05, 0.1) is 0 Å². The minimum Gasteiger partial charge on any atom is -0.478 e. The van der Waals surface area contributed by atoms with Gasteiger partial charge in [-0.05, 0) is 39.2 Å². The van der Waals surface area contributed by atoms with E-state index in [4.69, 9.17) is 16.7 Å². The molecular weight excluding hydrogens is 242 g/mol. The van der Waals surface area contributed by atoms with Gasteiger partial charge in [0.15, 0.2) is 0 Å². The van der Waals surface area contributed by atoms with Crippen molar-refractivity contribution < 1.29 is 9.90 Å². The van der Waals surface area contributed by atoms with Crippen LogP contribution in [0.4, 0.5) is 5.82 Å². The lowest BCUT2D eigenvalue weighted by atomic mass is 10.2. The van der Waals surface area contributed by atoms with E-state index in [2.05, 4.69) is 15.2 Å². The lowest BCUT2D eigenvalue weighted by Gasteiger charge is -2.11. The number of aromatic nitrogens is 1. The van der Waals surface area contributed by atoms with Crippen LogP contribution in [0.25, 0.3) is 0 Å². The van der Waals surface area contributed by atoms with E-state index in [1.54, 1.807) is 0 Å². The highest BCUT2D eigenvalue weighted by Crippen LogP contribution is 2.16. The summed E-state index contributed by atoms with van der Waals surface area (Å²) in [7, 11) is 3.97. The van der Waals surface area contributed by atoms with Gasteiger partial charge in [0.1, 0.15) is 16.5 Å². The molecular formula is C11H16ClN3O2. The predicted octanol–water partition coefficient (Wildman–Crippen LogP) is 1.80. The van der Waals surface area contributed by atoms with Crippen LogP contribution in [0.2, 0.25) is 5.15 Å². The number of rotatable bonds is 6. The molecule has 0 saturated heterocycles. The third-order valence-electron chi connectivity index (χ3n) is 2.17. The molecule has 0 aromatic carbocycles. The van der Waals surface area contributed by atoms with Gasteiger partial charge >= 0.3 is 5.97 Å². The van der Waals surface area contributed by atoms with E-state index in [9.17, 15) is 4.79 Å². The minimum absolute atomic E-state index is 0.138. The normalized spacial score (nSPS) is 10.6. The molecule has 6 heteroatoms. The van der Waals surface area contributed by atoms with Crippen LogP contribution in [0.15, 0.2) is 12.1 Å². The molecule has 0 bridgehead atoms. The second kappa shape index (κ2) is 6.42. The number of nitrogens with one attached hydrogen (secondary N) is 1. The quantitative estimate of drug-likeness (QED) is 0.601. The maximum atomic E-state index is 10.9. The SMILES string of the molecule is CN(C)CCCNc1nc(Cl)ccc1C(=O)O. The van der Waals surface area contributed by atoms with Crippen molar-refractivity contribution in [3.63, 3.8) is 0 Å². The Morgan fingerprint density at radius 1 is 1.53 bits per heavy atom. The topological polar surface area (TPSA) is 65.5 Å². The Morgan fingerprint density at radius 2 is 2.24 bits per heavy atom. The van der Waals surface area contributed by atoms with Crippen molar-refractivity contribution in [3.8, 4) is 0 Å². The summed E-state index contributed by atoms with van der Waals surface area (Å²) < 4.78 is 0. The van der Waals surface area contributed by atoms with Gasteiger partial charge in [0.25, 0.3) is 0 Å². The standard InChI is InChI=1S/C11H16ClN3O2/c1-15(2)7-3-6-13-10-8(11(16)17)4-5-9(12)14-10/h4-5H,3,6-7H2,1-2H3,(H,13,14)(H,16,17). The molecule has 1 aromatic heterocycles. The molecule has 0 unspecified atom stereocenters. The fourth-order valence-corrected chi connectivity index (χ4v) is 1.49. The number of hydrogen-bond donors (Lipinski definition) is 2. The minimum atomic E-state index is -1.01. The van der Waals surface area contributed by atoms with Crippen LogP contribution in [-0.4, -0.2) is 48.1 Å². The van der Waals surface area contributed by atoms with Crippen molar-refractivity contribution in [3.05, 3.63) is 22.8 Å². The van der Waals surface area contributed by atoms with Crippen LogP contribution >= 0.6 is 11.6 Å². The van der Waals surface area contributed by atoms with Gasteiger partial charge in [0.2, 0.25) is 0 Å². The van der Waals surface area contributed by atoms with Gasteiger partial charge in [-0.2, -0.15) is 0 Å². The fraction of sp³-hybridized carbons (Fsp3) is 0.455. The monoisotopic (exact) mass is 257 g/mol. The summed E-state index contributed by atoms with van der Waals surface area (Å²) in [5, 5.41) is 12.2. The molecule has 1 aromatic rings. The Balaban J connectivity index is 2.62. The second-order valence-corrected chi connectivity index (χ2v) is 4.31. The summed E-state index contributed by atoms with van der Waals surface area (Å²) in [6.45, 7) is 1.59. The van der Waals surface area contributed by atoms with Crippen molar-refractivity contribution in [2.45, 2.75) is 6.42 Å². The molecule has 1 heterocycles. The first-order valence-electron chi connectivity index (χ1n) is 5.29. The average molecular weight is 258 g/mol. The van der Waals surface area contributed by atoms with E-state index in [1.807, 2.05) is 14.1 Å². The van der Waals surface area contributed by atoms with E-state index in [-0.39, 0.29) is 10.7 Å². The Hall–Kier alpha value is -1.33. The molecule has 0 amide bonds. The maximum Gasteiger partial charge on any atom is 0.339 e. The zero-order valence-electron chi connectivity index (χ0n) is 9.90. The molecule has 0 radical (unpaired) electrons. The summed E-state index contributed by atoms with van der Waals surface area (Å²) >= 11 is 5.73. The molecule has 0 aliphatic carbocycles. The summed E-state index contributed by atoms with van der Waals surface area (Å²) in [4.78, 5) is 17.0. The summed E-state index contributed by atoms with van der Waals surface area (Å²) in [5.74, 6) is -0.687. The molecule has 0 saturated carbocycles. The van der Waals surface area contributed by atoms with E-state index in [0.717, 1.165) is 13.0 Å².